The molecule has 0 saturated carbocycles. The Balaban J connectivity index is 1.56. The van der Waals surface area contributed by atoms with Crippen molar-refractivity contribution in [1.82, 2.24) is 0 Å². The molecular formula is C24H18BrN3O6. The van der Waals surface area contributed by atoms with E-state index in [4.69, 9.17) is 9.57 Å². The molecule has 10 heteroatoms. The molecule has 0 unspecified atom stereocenters. The number of imide groups is 1. The normalized spacial score (nSPS) is 21.6. The van der Waals surface area contributed by atoms with Crippen LogP contribution in [0, 0.1) is 16.0 Å². The Labute approximate surface area is 202 Å². The fraction of sp³-hybridized carbons (Fsp3) is 0.167. The second-order valence-electron chi connectivity index (χ2n) is 7.84. The van der Waals surface area contributed by atoms with E-state index in [2.05, 4.69) is 15.9 Å². The standard InChI is InChI=1S/C24H18BrN3O6/c1-33-19-12-7-14(13-18(19)25)21-20-22(34-27(21)16-5-3-2-4-6-16)24(30)26(23(20)29)15-8-10-17(11-9-15)28(31)32/h2-13,20-22H,1H3/t20-,21+,22-/m1/s1. The minimum absolute atomic E-state index is 0.129. The lowest BCUT2D eigenvalue weighted by atomic mass is 9.90. The van der Waals surface area contributed by atoms with Crippen LogP contribution in [-0.4, -0.2) is 30.0 Å². The first-order valence-corrected chi connectivity index (χ1v) is 11.2. The van der Waals surface area contributed by atoms with Crippen LogP contribution >= 0.6 is 15.9 Å². The van der Waals surface area contributed by atoms with E-state index >= 15 is 0 Å². The molecule has 0 radical (unpaired) electrons. The van der Waals surface area contributed by atoms with Gasteiger partial charge in [-0.3, -0.25) is 24.5 Å². The van der Waals surface area contributed by atoms with Gasteiger partial charge in [-0.2, -0.15) is 0 Å². The van der Waals surface area contributed by atoms with Gasteiger partial charge in [0, 0.05) is 12.1 Å². The molecule has 34 heavy (non-hydrogen) atoms. The van der Waals surface area contributed by atoms with E-state index in [1.807, 2.05) is 42.5 Å². The van der Waals surface area contributed by atoms with Crippen molar-refractivity contribution < 1.29 is 24.1 Å². The van der Waals surface area contributed by atoms with Crippen LogP contribution in [0.25, 0.3) is 0 Å². The average Bonchev–Trinajstić information content (AvgIpc) is 3.35. The third kappa shape index (κ3) is 3.51. The summed E-state index contributed by atoms with van der Waals surface area (Å²) in [6.07, 6.45) is -1.03. The molecule has 3 atom stereocenters. The Kier molecular flexibility index (Phi) is 5.54. The zero-order valence-corrected chi connectivity index (χ0v) is 19.4. The van der Waals surface area contributed by atoms with Crippen LogP contribution in [0.1, 0.15) is 11.6 Å². The van der Waals surface area contributed by atoms with Crippen molar-refractivity contribution in [3.8, 4) is 5.75 Å². The lowest BCUT2D eigenvalue weighted by molar-refractivity contribution is -0.384. The second-order valence-corrected chi connectivity index (χ2v) is 8.69. The number of amides is 2. The van der Waals surface area contributed by atoms with Crippen LogP contribution in [0.5, 0.6) is 5.75 Å². The number of halogens is 1. The summed E-state index contributed by atoms with van der Waals surface area (Å²) in [5.41, 5.74) is 1.60. The molecule has 172 valence electrons. The smallest absolute Gasteiger partial charge is 0.269 e. The molecule has 0 aromatic heterocycles. The molecule has 2 aliphatic heterocycles. The molecule has 9 nitrogen and oxygen atoms in total. The van der Waals surface area contributed by atoms with Crippen molar-refractivity contribution in [3.05, 3.63) is 92.9 Å². The Bertz CT molecular complexity index is 1280. The van der Waals surface area contributed by atoms with Gasteiger partial charge in [0.2, 0.25) is 5.91 Å². The average molecular weight is 524 g/mol. The van der Waals surface area contributed by atoms with Gasteiger partial charge < -0.3 is 4.74 Å². The first kappa shape index (κ1) is 22.1. The summed E-state index contributed by atoms with van der Waals surface area (Å²) in [5, 5.41) is 12.6. The number of hydroxylamine groups is 1. The molecule has 2 heterocycles. The van der Waals surface area contributed by atoms with E-state index in [0.717, 1.165) is 10.5 Å². The number of carbonyl (C=O) groups excluding carboxylic acids is 2. The summed E-state index contributed by atoms with van der Waals surface area (Å²) in [7, 11) is 1.56. The molecule has 0 N–H and O–H groups in total. The van der Waals surface area contributed by atoms with Crippen molar-refractivity contribution in [2.24, 2.45) is 5.92 Å². The summed E-state index contributed by atoms with van der Waals surface area (Å²) in [6.45, 7) is 0. The summed E-state index contributed by atoms with van der Waals surface area (Å²) < 4.78 is 6.03. The quantitative estimate of drug-likeness (QED) is 0.277. The maximum atomic E-state index is 13.6. The zero-order valence-electron chi connectivity index (χ0n) is 17.8. The highest BCUT2D eigenvalue weighted by Gasteiger charge is 2.60. The summed E-state index contributed by atoms with van der Waals surface area (Å²) >= 11 is 3.50. The van der Waals surface area contributed by atoms with E-state index in [-0.39, 0.29) is 11.4 Å². The third-order valence-corrected chi connectivity index (χ3v) is 6.58. The molecule has 0 bridgehead atoms. The number of hydrogen-bond donors (Lipinski definition) is 0. The minimum Gasteiger partial charge on any atom is -0.496 e. The van der Waals surface area contributed by atoms with Crippen LogP contribution in [-0.2, 0) is 14.4 Å². The third-order valence-electron chi connectivity index (χ3n) is 5.96. The number of hydrogen-bond acceptors (Lipinski definition) is 7. The maximum Gasteiger partial charge on any atom is 0.269 e. The van der Waals surface area contributed by atoms with Gasteiger partial charge in [0.05, 0.1) is 33.9 Å². The second kappa shape index (κ2) is 8.54. The van der Waals surface area contributed by atoms with Gasteiger partial charge in [-0.25, -0.2) is 9.96 Å². The first-order valence-electron chi connectivity index (χ1n) is 10.4. The summed E-state index contributed by atoms with van der Waals surface area (Å²) in [6, 6.07) is 19.4. The molecular weight excluding hydrogens is 506 g/mol. The highest BCUT2D eigenvalue weighted by Crippen LogP contribution is 2.48. The number of non-ortho nitro benzene ring substituents is 1. The molecule has 3 aromatic rings. The lowest BCUT2D eigenvalue weighted by Crippen LogP contribution is -2.37. The van der Waals surface area contributed by atoms with Crippen molar-refractivity contribution in [2.75, 3.05) is 17.1 Å². The number of nitro benzene ring substituents is 1. The Morgan fingerprint density at radius 2 is 1.68 bits per heavy atom. The van der Waals surface area contributed by atoms with Gasteiger partial charge in [0.1, 0.15) is 11.7 Å². The van der Waals surface area contributed by atoms with E-state index < -0.39 is 34.8 Å². The molecule has 3 aromatic carbocycles. The van der Waals surface area contributed by atoms with Gasteiger partial charge >= 0.3 is 0 Å². The monoisotopic (exact) mass is 523 g/mol. The highest BCUT2D eigenvalue weighted by molar-refractivity contribution is 9.10. The molecule has 5 rings (SSSR count). The Hall–Kier alpha value is -3.76. The Morgan fingerprint density at radius 1 is 0.971 bits per heavy atom. The largest absolute Gasteiger partial charge is 0.496 e. The molecule has 2 fully saturated rings. The van der Waals surface area contributed by atoms with Crippen molar-refractivity contribution in [1.29, 1.82) is 0 Å². The predicted molar refractivity (Wildman–Crippen MR) is 126 cm³/mol. The molecule has 2 saturated heterocycles. The van der Waals surface area contributed by atoms with Crippen LogP contribution in [0.3, 0.4) is 0 Å². The number of nitro groups is 1. The summed E-state index contributed by atoms with van der Waals surface area (Å²) in [4.78, 5) is 44.5. The van der Waals surface area contributed by atoms with Crippen LogP contribution < -0.4 is 14.7 Å². The Morgan fingerprint density at radius 3 is 2.29 bits per heavy atom. The number of ether oxygens (including phenoxy) is 1. The number of benzene rings is 3. The van der Waals surface area contributed by atoms with Crippen LogP contribution in [0.15, 0.2) is 77.3 Å². The fourth-order valence-corrected chi connectivity index (χ4v) is 4.96. The zero-order chi connectivity index (χ0) is 24.0. The molecule has 2 aliphatic rings. The van der Waals surface area contributed by atoms with Gasteiger partial charge in [-0.05, 0) is 57.9 Å². The van der Waals surface area contributed by atoms with Crippen molar-refractivity contribution in [3.63, 3.8) is 0 Å². The fourth-order valence-electron chi connectivity index (χ4n) is 4.40. The first-order chi connectivity index (χ1) is 16.4. The highest BCUT2D eigenvalue weighted by atomic mass is 79.9. The van der Waals surface area contributed by atoms with Gasteiger partial charge in [-0.15, -0.1) is 0 Å². The SMILES string of the molecule is COc1ccc([C@H]2[C@H]3C(=O)N(c4ccc([N+](=O)[O-])cc4)C(=O)[C@@H]3ON2c2ccccc2)cc1Br. The maximum absolute atomic E-state index is 13.6. The number of anilines is 2. The number of carbonyl (C=O) groups is 2. The minimum atomic E-state index is -1.03. The van der Waals surface area contributed by atoms with Crippen molar-refractivity contribution >= 4 is 44.8 Å². The topological polar surface area (TPSA) is 102 Å². The van der Waals surface area contributed by atoms with E-state index in [1.165, 1.54) is 24.3 Å². The van der Waals surface area contributed by atoms with Gasteiger partial charge in [0.25, 0.3) is 11.6 Å². The number of para-hydroxylation sites is 1. The van der Waals surface area contributed by atoms with Crippen molar-refractivity contribution in [2.45, 2.75) is 12.1 Å². The lowest BCUT2D eigenvalue weighted by Gasteiger charge is -2.29. The number of fused-ring (bicyclic) bond motifs is 1. The van der Waals surface area contributed by atoms with Gasteiger partial charge in [-0.1, -0.05) is 24.3 Å². The van der Waals surface area contributed by atoms with Gasteiger partial charge in [0.15, 0.2) is 6.10 Å². The van der Waals surface area contributed by atoms with E-state index in [9.17, 15) is 19.7 Å². The number of methoxy groups -OCH3 is 1. The van der Waals surface area contributed by atoms with Crippen LogP contribution in [0.2, 0.25) is 0 Å². The number of rotatable bonds is 5. The molecule has 2 amide bonds. The predicted octanol–water partition coefficient (Wildman–Crippen LogP) is 4.42. The molecule has 0 spiro atoms. The number of nitrogens with zero attached hydrogens (tertiary/aromatic N) is 3. The summed E-state index contributed by atoms with van der Waals surface area (Å²) in [5.74, 6) is -1.13. The van der Waals surface area contributed by atoms with E-state index in [0.29, 0.717) is 15.9 Å². The molecule has 0 aliphatic carbocycles. The van der Waals surface area contributed by atoms with Crippen LogP contribution in [0.4, 0.5) is 17.1 Å². The van der Waals surface area contributed by atoms with E-state index in [1.54, 1.807) is 18.2 Å².